The number of hydrogen-bond donors (Lipinski definition) is 2. The molecule has 0 radical (unpaired) electrons. The van der Waals surface area contributed by atoms with Crippen LogP contribution in [-0.2, 0) is 0 Å². The number of nitrogens with one attached hydrogen (secondary N) is 2. The lowest BCUT2D eigenvalue weighted by Gasteiger charge is -2.14. The summed E-state index contributed by atoms with van der Waals surface area (Å²) in [5, 5.41) is 17.7. The summed E-state index contributed by atoms with van der Waals surface area (Å²) >= 11 is 0. The fraction of sp³-hybridized carbons (Fsp3) is 0.200. The summed E-state index contributed by atoms with van der Waals surface area (Å²) in [4.78, 5) is 21.6. The van der Waals surface area contributed by atoms with Crippen LogP contribution in [0.25, 0.3) is 0 Å². The molecule has 1 aromatic heterocycles. The molecule has 3 aromatic rings. The number of nitro groups is 1. The zero-order chi connectivity index (χ0) is 21.0. The number of nitrogens with zero attached hydrogens (tertiary/aromatic N) is 4. The molecule has 1 heterocycles. The van der Waals surface area contributed by atoms with Crippen molar-refractivity contribution in [3.05, 3.63) is 64.3 Å². The van der Waals surface area contributed by atoms with E-state index in [9.17, 15) is 10.1 Å². The molecular weight excluding hydrogens is 372 g/mol. The van der Waals surface area contributed by atoms with Gasteiger partial charge in [-0.3, -0.25) is 10.1 Å². The second-order valence-corrected chi connectivity index (χ2v) is 6.51. The van der Waals surface area contributed by atoms with Crippen molar-refractivity contribution in [2.75, 3.05) is 36.7 Å². The van der Waals surface area contributed by atoms with E-state index in [0.717, 1.165) is 11.4 Å². The van der Waals surface area contributed by atoms with Gasteiger partial charge in [0.2, 0.25) is 11.8 Å². The Balaban J connectivity index is 1.94. The molecule has 0 aliphatic carbocycles. The minimum absolute atomic E-state index is 0.100. The van der Waals surface area contributed by atoms with Crippen LogP contribution in [0.2, 0.25) is 0 Å². The average molecular weight is 394 g/mol. The molecule has 150 valence electrons. The van der Waals surface area contributed by atoms with Gasteiger partial charge in [0, 0.05) is 37.2 Å². The van der Waals surface area contributed by atoms with E-state index in [2.05, 4.69) is 20.6 Å². The molecule has 0 spiro atoms. The molecule has 0 aliphatic heterocycles. The van der Waals surface area contributed by atoms with Crippen molar-refractivity contribution < 1.29 is 9.66 Å². The van der Waals surface area contributed by atoms with Crippen LogP contribution in [0.1, 0.15) is 5.69 Å². The Labute approximate surface area is 168 Å². The first-order chi connectivity index (χ1) is 13.9. The molecule has 3 rings (SSSR count). The van der Waals surface area contributed by atoms with Gasteiger partial charge in [-0.2, -0.15) is 4.98 Å². The first kappa shape index (κ1) is 19.9. The second kappa shape index (κ2) is 8.42. The minimum atomic E-state index is -0.493. The van der Waals surface area contributed by atoms with E-state index in [1.807, 2.05) is 43.3 Å². The van der Waals surface area contributed by atoms with E-state index in [-0.39, 0.29) is 23.1 Å². The summed E-state index contributed by atoms with van der Waals surface area (Å²) < 4.78 is 5.20. The largest absolute Gasteiger partial charge is 0.497 e. The van der Waals surface area contributed by atoms with Crippen molar-refractivity contribution in [2.45, 2.75) is 6.92 Å². The second-order valence-electron chi connectivity index (χ2n) is 6.51. The third-order valence-electron chi connectivity index (χ3n) is 4.21. The van der Waals surface area contributed by atoms with Crippen molar-refractivity contribution in [2.24, 2.45) is 0 Å². The summed E-state index contributed by atoms with van der Waals surface area (Å²) in [6.45, 7) is 1.58. The highest BCUT2D eigenvalue weighted by Gasteiger charge is 2.22. The van der Waals surface area contributed by atoms with Gasteiger partial charge in [0.15, 0.2) is 0 Å². The van der Waals surface area contributed by atoms with E-state index >= 15 is 0 Å². The first-order valence-electron chi connectivity index (χ1n) is 8.86. The van der Waals surface area contributed by atoms with Crippen LogP contribution in [0.5, 0.6) is 5.75 Å². The van der Waals surface area contributed by atoms with Gasteiger partial charge in [0.05, 0.1) is 12.0 Å². The summed E-state index contributed by atoms with van der Waals surface area (Å²) in [6.07, 6.45) is 0. The Hall–Kier alpha value is -3.88. The topological polar surface area (TPSA) is 105 Å². The fourth-order valence-electron chi connectivity index (χ4n) is 2.74. The van der Waals surface area contributed by atoms with Gasteiger partial charge in [-0.1, -0.05) is 6.07 Å². The summed E-state index contributed by atoms with van der Waals surface area (Å²) in [5.41, 5.74) is 2.52. The molecule has 0 aliphatic rings. The zero-order valence-corrected chi connectivity index (χ0v) is 16.6. The van der Waals surface area contributed by atoms with Gasteiger partial charge in [0.25, 0.3) is 0 Å². The number of aryl methyl sites for hydroxylation is 1. The SMILES string of the molecule is COc1cccc(Nc2nc(Nc3ccc(N(C)C)cc3)nc(C)c2[N+](=O)[O-])c1. The molecular formula is C20H22N6O3. The molecule has 2 N–H and O–H groups in total. The van der Waals surface area contributed by atoms with Crippen LogP contribution >= 0.6 is 0 Å². The van der Waals surface area contributed by atoms with Crippen LogP contribution in [0.15, 0.2) is 48.5 Å². The van der Waals surface area contributed by atoms with Crippen LogP contribution < -0.4 is 20.3 Å². The predicted molar refractivity (Wildman–Crippen MR) is 114 cm³/mol. The Morgan fingerprint density at radius 3 is 2.38 bits per heavy atom. The molecule has 0 atom stereocenters. The molecule has 0 saturated heterocycles. The highest BCUT2D eigenvalue weighted by Crippen LogP contribution is 2.31. The first-order valence-corrected chi connectivity index (χ1v) is 8.86. The van der Waals surface area contributed by atoms with Gasteiger partial charge < -0.3 is 20.3 Å². The van der Waals surface area contributed by atoms with Gasteiger partial charge in [0.1, 0.15) is 11.4 Å². The van der Waals surface area contributed by atoms with Crippen molar-refractivity contribution in [1.82, 2.24) is 9.97 Å². The number of benzene rings is 2. The third-order valence-corrected chi connectivity index (χ3v) is 4.21. The quantitative estimate of drug-likeness (QED) is 0.452. The fourth-order valence-corrected chi connectivity index (χ4v) is 2.74. The third kappa shape index (κ3) is 4.70. The maximum absolute atomic E-state index is 11.6. The van der Waals surface area contributed by atoms with Crippen molar-refractivity contribution in [3.63, 3.8) is 0 Å². The number of anilines is 5. The smallest absolute Gasteiger partial charge is 0.332 e. The Morgan fingerprint density at radius 1 is 1.03 bits per heavy atom. The molecule has 2 aromatic carbocycles. The molecule has 0 fully saturated rings. The number of methoxy groups -OCH3 is 1. The highest BCUT2D eigenvalue weighted by molar-refractivity contribution is 5.70. The molecule has 0 saturated carbocycles. The van der Waals surface area contributed by atoms with Gasteiger partial charge >= 0.3 is 5.69 Å². The predicted octanol–water partition coefficient (Wildman–Crippen LogP) is 4.26. The van der Waals surface area contributed by atoms with E-state index in [1.54, 1.807) is 38.3 Å². The van der Waals surface area contributed by atoms with E-state index < -0.39 is 4.92 Å². The van der Waals surface area contributed by atoms with Crippen molar-refractivity contribution in [1.29, 1.82) is 0 Å². The van der Waals surface area contributed by atoms with Gasteiger partial charge in [-0.15, -0.1) is 0 Å². The standard InChI is InChI=1S/C20H22N6O3/c1-13-18(26(27)28)19(22-15-6-5-7-17(12-15)29-4)24-20(21-13)23-14-8-10-16(11-9-14)25(2)3/h5-12H,1-4H3,(H2,21,22,23,24). The zero-order valence-electron chi connectivity index (χ0n) is 16.6. The number of rotatable bonds is 7. The monoisotopic (exact) mass is 394 g/mol. The number of aromatic nitrogens is 2. The average Bonchev–Trinajstić information content (AvgIpc) is 2.68. The van der Waals surface area contributed by atoms with Gasteiger partial charge in [-0.05, 0) is 43.3 Å². The van der Waals surface area contributed by atoms with E-state index in [0.29, 0.717) is 11.4 Å². The normalized spacial score (nSPS) is 10.3. The molecule has 9 nitrogen and oxygen atoms in total. The van der Waals surface area contributed by atoms with Crippen LogP contribution in [0.4, 0.5) is 34.5 Å². The Kier molecular flexibility index (Phi) is 5.77. The summed E-state index contributed by atoms with van der Waals surface area (Å²) in [5.74, 6) is 0.988. The number of ether oxygens (including phenoxy) is 1. The van der Waals surface area contributed by atoms with Crippen molar-refractivity contribution in [3.8, 4) is 5.75 Å². The molecule has 29 heavy (non-hydrogen) atoms. The lowest BCUT2D eigenvalue weighted by Crippen LogP contribution is -2.09. The lowest BCUT2D eigenvalue weighted by molar-refractivity contribution is -0.385. The molecule has 9 heteroatoms. The molecule has 0 bridgehead atoms. The lowest BCUT2D eigenvalue weighted by atomic mass is 10.2. The van der Waals surface area contributed by atoms with Gasteiger partial charge in [-0.25, -0.2) is 4.98 Å². The van der Waals surface area contributed by atoms with Crippen LogP contribution in [0.3, 0.4) is 0 Å². The van der Waals surface area contributed by atoms with E-state index in [1.165, 1.54) is 0 Å². The Bertz CT molecular complexity index is 1020. The summed E-state index contributed by atoms with van der Waals surface area (Å²) in [6, 6.07) is 14.8. The molecule has 0 unspecified atom stereocenters. The highest BCUT2D eigenvalue weighted by atomic mass is 16.6. The number of hydrogen-bond acceptors (Lipinski definition) is 8. The summed E-state index contributed by atoms with van der Waals surface area (Å²) in [7, 11) is 5.48. The molecule has 0 amide bonds. The van der Waals surface area contributed by atoms with E-state index in [4.69, 9.17) is 4.74 Å². The minimum Gasteiger partial charge on any atom is -0.497 e. The Morgan fingerprint density at radius 2 is 1.76 bits per heavy atom. The maximum Gasteiger partial charge on any atom is 0.332 e. The van der Waals surface area contributed by atoms with Crippen LogP contribution in [0, 0.1) is 17.0 Å². The van der Waals surface area contributed by atoms with Crippen LogP contribution in [-0.4, -0.2) is 36.1 Å². The maximum atomic E-state index is 11.6. The van der Waals surface area contributed by atoms with Crippen molar-refractivity contribution >= 4 is 34.5 Å².